The number of H-pyrrole nitrogens is 4. The van der Waals surface area contributed by atoms with Crippen LogP contribution >= 0.6 is 0 Å². The lowest BCUT2D eigenvalue weighted by atomic mass is 10.0. The van der Waals surface area contributed by atoms with Crippen molar-refractivity contribution in [3.8, 4) is 45.0 Å². The van der Waals surface area contributed by atoms with Crippen LogP contribution in [0.3, 0.4) is 0 Å². The molecule has 0 radical (unpaired) electrons. The first-order valence-electron chi connectivity index (χ1n) is 33.9. The summed E-state index contributed by atoms with van der Waals surface area (Å²) in [6, 6.07) is 32.0. The molecule has 0 amide bonds. The van der Waals surface area contributed by atoms with Crippen molar-refractivity contribution in [2.45, 2.75) is 78.6 Å². The fraction of sp³-hybridized carbons (Fsp3) is 0.230. The van der Waals surface area contributed by atoms with Crippen LogP contribution in [0.25, 0.3) is 132 Å². The molecule has 2 saturated carbocycles. The Bertz CT molecular complexity index is 6010. The number of aromatic nitrogens is 20. The van der Waals surface area contributed by atoms with Crippen molar-refractivity contribution in [2.75, 3.05) is 41.0 Å². The van der Waals surface area contributed by atoms with Gasteiger partial charge < -0.3 is 22.9 Å². The van der Waals surface area contributed by atoms with Crippen molar-refractivity contribution in [1.29, 1.82) is 0 Å². The molecular weight excluding hydrogens is 1300 g/mol. The minimum absolute atomic E-state index is 0.234. The molecule has 0 spiro atoms. The van der Waals surface area contributed by atoms with Crippen molar-refractivity contribution in [3.05, 3.63) is 158 Å². The van der Waals surface area contributed by atoms with Gasteiger partial charge >= 0.3 is 0 Å². The number of fused-ring (bicyclic) bond motifs is 12. The van der Waals surface area contributed by atoms with Gasteiger partial charge in [-0.2, -0.15) is 40.8 Å². The number of aliphatic imine (C=N–C) groups is 1. The molecule has 512 valence electrons. The number of carbonyl (C=O) groups is 1. The third-order valence-electron chi connectivity index (χ3n) is 19.6. The Kier molecular flexibility index (Phi) is 16.6. The fourth-order valence-corrected chi connectivity index (χ4v) is 14.5. The van der Waals surface area contributed by atoms with Gasteiger partial charge in [0.1, 0.15) is 39.5 Å². The third-order valence-corrected chi connectivity index (χ3v) is 21.6. The summed E-state index contributed by atoms with van der Waals surface area (Å²) in [6.45, 7) is 7.11. The van der Waals surface area contributed by atoms with Gasteiger partial charge in [0.25, 0.3) is 0 Å². The van der Waals surface area contributed by atoms with E-state index >= 15 is 0 Å². The first kappa shape index (κ1) is 64.2. The zero-order valence-electron chi connectivity index (χ0n) is 56.1. The van der Waals surface area contributed by atoms with E-state index in [1.165, 1.54) is 25.7 Å². The van der Waals surface area contributed by atoms with Crippen LogP contribution < -0.4 is 22.9 Å². The van der Waals surface area contributed by atoms with Crippen molar-refractivity contribution in [3.63, 3.8) is 0 Å². The maximum atomic E-state index is 12.2. The molecule has 0 bridgehead atoms. The quantitative estimate of drug-likeness (QED) is 0.0442. The predicted octanol–water partition coefficient (Wildman–Crippen LogP) is 11.5. The maximum absolute atomic E-state index is 12.2. The summed E-state index contributed by atoms with van der Waals surface area (Å²) in [5.74, 6) is 7.66. The zero-order chi connectivity index (χ0) is 69.8. The van der Waals surface area contributed by atoms with Crippen LogP contribution in [0.5, 0.6) is 0 Å². The zero-order valence-corrected chi connectivity index (χ0v) is 56.9. The number of carbonyl (C=O) groups excluding carboxylic acids is 1. The molecule has 28 heteroatoms. The fourth-order valence-electron chi connectivity index (χ4n) is 13.7. The summed E-state index contributed by atoms with van der Waals surface area (Å²) in [5, 5.41) is 54.3. The Morgan fingerprint density at radius 3 is 1.39 bits per heavy atom. The number of hydrogen-bond acceptors (Lipinski definition) is 19. The molecular formula is C74H73N25O2S. The molecule has 102 heavy (non-hydrogen) atoms. The monoisotopic (exact) mass is 1380 g/mol. The van der Waals surface area contributed by atoms with Gasteiger partial charge in [-0.1, -0.05) is 62.2 Å². The van der Waals surface area contributed by atoms with Gasteiger partial charge in [-0.15, -0.1) is 0 Å². The summed E-state index contributed by atoms with van der Waals surface area (Å²) in [7, 11) is -2.06. The summed E-state index contributed by atoms with van der Waals surface area (Å²) in [6.07, 6.45) is 26.0. The number of benzene rings is 4. The van der Waals surface area contributed by atoms with Gasteiger partial charge in [-0.05, 0) is 120 Å². The number of Topliss-reactive ketones (excluding diaryl/α,β-unsaturated/α-hetero) is 1. The minimum atomic E-state index is -2.06. The Morgan fingerprint density at radius 1 is 0.529 bits per heavy atom. The Labute approximate surface area is 582 Å². The van der Waals surface area contributed by atoms with Crippen LogP contribution in [-0.4, -0.2) is 140 Å². The molecule has 3 aliphatic rings. The first-order chi connectivity index (χ1) is 49.6. The highest BCUT2D eigenvalue weighted by Gasteiger charge is 2.47. The largest absolute Gasteiger partial charge is 0.383 e. The van der Waals surface area contributed by atoms with E-state index in [1.807, 2.05) is 126 Å². The summed E-state index contributed by atoms with van der Waals surface area (Å²) in [5.41, 5.74) is 39.9. The van der Waals surface area contributed by atoms with E-state index in [-0.39, 0.29) is 11.2 Å². The number of allylic oxidation sites excluding steroid dienone is 1. The number of nitrogens with two attached hydrogens (primary N) is 4. The average Bonchev–Trinajstić information content (AvgIpc) is 1.56. The molecule has 16 aromatic rings. The molecule has 13 heterocycles. The lowest BCUT2D eigenvalue weighted by Gasteiger charge is -2.10. The molecule has 2 fully saturated rings. The molecule has 0 saturated heterocycles. The van der Waals surface area contributed by atoms with Crippen LogP contribution in [0, 0.1) is 11.3 Å². The molecule has 19 rings (SSSR count). The average molecular weight is 1380 g/mol. The van der Waals surface area contributed by atoms with Crippen molar-refractivity contribution in [1.82, 2.24) is 99.8 Å². The summed E-state index contributed by atoms with van der Waals surface area (Å²) >= 11 is 0. The number of aryl methyl sites for hydroxylation is 1. The van der Waals surface area contributed by atoms with E-state index in [0.717, 1.165) is 159 Å². The van der Waals surface area contributed by atoms with Gasteiger partial charge in [-0.25, -0.2) is 19.9 Å². The number of nitrogens with zero attached hydrogens (tertiary/aromatic N) is 17. The normalized spacial score (nSPS) is 14.7. The maximum Gasteiger partial charge on any atom is 0.152 e. The van der Waals surface area contributed by atoms with Crippen molar-refractivity contribution in [2.24, 2.45) is 16.3 Å². The number of aromatic amines is 4. The third kappa shape index (κ3) is 12.8. The number of nitrogen functional groups attached to an aromatic ring is 4. The van der Waals surface area contributed by atoms with E-state index in [0.29, 0.717) is 65.4 Å². The molecule has 12 aromatic heterocycles. The highest BCUT2D eigenvalue weighted by Crippen LogP contribution is 2.48. The SMILES string of the molecule is C=S(=O)(CC)CCn1cc2c(n1)c(N)nc1cc(-c3ccn[nH]3)ccc12.CC(=O)C1(Cn2cc3c(n2)c(N)nc2cc(-c4ccn[nH]4)ccc23)CC1.Nc1nc2cc(-c3ccn[nH]3)ccc2c2nn(CC3=CCN=C3)cc12.Nc1nc2cc(-c3ccn[nH]3)ccc2c2nn(CC3CCCC3)cc12. The number of rotatable bonds is 15. The molecule has 1 aliphatic heterocycles. The highest BCUT2D eigenvalue weighted by molar-refractivity contribution is 8.00. The molecule has 4 aromatic carbocycles. The van der Waals surface area contributed by atoms with E-state index in [2.05, 4.69) is 111 Å². The number of hydrogen-bond donors (Lipinski definition) is 8. The van der Waals surface area contributed by atoms with Crippen LogP contribution in [0.2, 0.25) is 0 Å². The second-order valence-corrected chi connectivity index (χ2v) is 29.4. The van der Waals surface area contributed by atoms with Gasteiger partial charge in [0.15, 0.2) is 11.6 Å². The van der Waals surface area contributed by atoms with Crippen LogP contribution in [0.4, 0.5) is 23.3 Å². The smallest absolute Gasteiger partial charge is 0.152 e. The van der Waals surface area contributed by atoms with E-state index in [9.17, 15) is 9.00 Å². The Morgan fingerprint density at radius 2 is 0.951 bits per heavy atom. The standard InChI is InChI=1S/C19H18N6O.C19H20N6.C18H15N7.C18H20N6OS/c1-11(26)19(5-6-19)10-25-9-14-13-3-2-12(15-4-7-21-23-15)8-16(13)22-18(20)17(14)24-25;20-19-15-11-25(10-12-3-1-2-4-12)24-18(15)14-6-5-13(9-17(14)22-19)16-7-8-21-23-16;19-18-14-10-25(9-11-3-5-20-8-11)24-17(14)13-2-1-12(7-16(13)22-18)15-4-6-21-23-15;1-3-26(2,25)9-8-24-11-14-13-5-4-12(15-6-7-20-22-15)10-16(13)21-18(19)17(14)23-24/h2-4,7-9H,5-6,10H2,1H3,(H2,20,22)(H,21,23);5-9,11-12H,1-4,10H2,(H2,20,22)(H,21,23);1-4,6-8,10H,5,9H2,(H2,19,22)(H,21,23);4-7,10-11H,2-3,8-9H2,1H3,(H2,19,21)(H,20,22). The second kappa shape index (κ2) is 26.3. The van der Waals surface area contributed by atoms with Crippen LogP contribution in [0.1, 0.15) is 52.4 Å². The number of anilines is 4. The van der Waals surface area contributed by atoms with E-state index in [4.69, 9.17) is 33.1 Å². The molecule has 12 N–H and O–H groups in total. The summed E-state index contributed by atoms with van der Waals surface area (Å²) in [4.78, 5) is 34.3. The Hall–Kier alpha value is -12.5. The summed E-state index contributed by atoms with van der Waals surface area (Å²) < 4.78 is 19.8. The lowest BCUT2D eigenvalue weighted by Crippen LogP contribution is -2.19. The van der Waals surface area contributed by atoms with Crippen molar-refractivity contribution < 1.29 is 9.00 Å². The first-order valence-corrected chi connectivity index (χ1v) is 35.9. The second-order valence-electron chi connectivity index (χ2n) is 26.5. The number of ketones is 1. The topological polar surface area (TPSA) is 388 Å². The molecule has 2 aliphatic carbocycles. The van der Waals surface area contributed by atoms with Gasteiger partial charge in [0.05, 0.1) is 81.8 Å². The van der Waals surface area contributed by atoms with Gasteiger partial charge in [-0.3, -0.25) is 53.1 Å². The molecule has 1 atom stereocenters. The van der Waals surface area contributed by atoms with Gasteiger partial charge in [0, 0.05) is 134 Å². The van der Waals surface area contributed by atoms with Gasteiger partial charge in [0.2, 0.25) is 0 Å². The van der Waals surface area contributed by atoms with E-state index < -0.39 is 9.52 Å². The number of nitrogens with one attached hydrogen (secondary N) is 4. The Balaban J connectivity index is 0.000000105. The van der Waals surface area contributed by atoms with Crippen LogP contribution in [-0.2, 0) is 40.5 Å². The predicted molar refractivity (Wildman–Crippen MR) is 405 cm³/mol. The van der Waals surface area contributed by atoms with Crippen LogP contribution in [0.15, 0.2) is 163 Å². The van der Waals surface area contributed by atoms with E-state index in [1.54, 1.807) is 36.4 Å². The molecule has 27 nitrogen and oxygen atoms in total. The lowest BCUT2D eigenvalue weighted by molar-refractivity contribution is -0.122. The molecule has 1 unspecified atom stereocenters. The van der Waals surface area contributed by atoms with Crippen molar-refractivity contribution >= 4 is 138 Å². The number of pyridine rings is 4. The minimum Gasteiger partial charge on any atom is -0.383 e. The highest BCUT2D eigenvalue weighted by atomic mass is 32.2.